The average Bonchev–Trinajstić information content (AvgIpc) is 3.15. The molecule has 0 radical (unpaired) electrons. The fourth-order valence-electron chi connectivity index (χ4n) is 2.48. The van der Waals surface area contributed by atoms with Gasteiger partial charge in [-0.15, -0.1) is 0 Å². The Balaban J connectivity index is 1.86. The lowest BCUT2D eigenvalue weighted by Gasteiger charge is -2.23. The van der Waals surface area contributed by atoms with Gasteiger partial charge in [0.05, 0.1) is 11.6 Å². The van der Waals surface area contributed by atoms with Crippen molar-refractivity contribution in [3.63, 3.8) is 0 Å². The predicted molar refractivity (Wildman–Crippen MR) is 71.9 cm³/mol. The van der Waals surface area contributed by atoms with Crippen LogP contribution >= 0.6 is 0 Å². The molecule has 1 fully saturated rings. The maximum absolute atomic E-state index is 8.82. The van der Waals surface area contributed by atoms with Crippen LogP contribution in [0.5, 0.6) is 0 Å². The van der Waals surface area contributed by atoms with Crippen molar-refractivity contribution in [2.75, 3.05) is 11.4 Å². The van der Waals surface area contributed by atoms with E-state index < -0.39 is 0 Å². The van der Waals surface area contributed by atoms with Gasteiger partial charge in [0.2, 0.25) is 5.89 Å². The number of hydrogen-bond acceptors (Lipinski definition) is 6. The molecule has 1 atom stereocenters. The summed E-state index contributed by atoms with van der Waals surface area (Å²) in [5.41, 5.74) is 0.567. The Morgan fingerprint density at radius 3 is 3.05 bits per heavy atom. The van der Waals surface area contributed by atoms with Crippen LogP contribution in [0.4, 0.5) is 5.82 Å². The summed E-state index contributed by atoms with van der Waals surface area (Å²) in [6.45, 7) is 2.91. The van der Waals surface area contributed by atoms with E-state index >= 15 is 0 Å². The minimum atomic E-state index is 0.111. The van der Waals surface area contributed by atoms with E-state index in [4.69, 9.17) is 9.78 Å². The van der Waals surface area contributed by atoms with Gasteiger partial charge in [0.25, 0.3) is 0 Å². The molecule has 102 valence electrons. The highest BCUT2D eigenvalue weighted by molar-refractivity contribution is 5.44. The summed E-state index contributed by atoms with van der Waals surface area (Å²) in [5.74, 6) is 2.25. The fourth-order valence-corrected chi connectivity index (χ4v) is 2.48. The molecular formula is C14H15N5O. The van der Waals surface area contributed by atoms with E-state index in [0.717, 1.165) is 37.4 Å². The first-order chi connectivity index (χ1) is 9.81. The third kappa shape index (κ3) is 2.23. The monoisotopic (exact) mass is 269 g/mol. The summed E-state index contributed by atoms with van der Waals surface area (Å²) in [4.78, 5) is 10.9. The minimum Gasteiger partial charge on any atom is -0.346 e. The molecule has 6 heteroatoms. The first kappa shape index (κ1) is 12.6. The van der Waals surface area contributed by atoms with Crippen molar-refractivity contribution in [3.05, 3.63) is 35.6 Å². The maximum atomic E-state index is 8.82. The smallest absolute Gasteiger partial charge is 0.226 e. The van der Waals surface area contributed by atoms with Crippen molar-refractivity contribution in [3.8, 4) is 6.07 Å². The van der Waals surface area contributed by atoms with Gasteiger partial charge in [0, 0.05) is 19.2 Å². The quantitative estimate of drug-likeness (QED) is 0.850. The first-order valence-electron chi connectivity index (χ1n) is 6.77. The van der Waals surface area contributed by atoms with Crippen molar-refractivity contribution in [2.24, 2.45) is 0 Å². The van der Waals surface area contributed by atoms with Crippen LogP contribution < -0.4 is 4.90 Å². The molecule has 0 amide bonds. The molecule has 0 saturated carbocycles. The molecule has 0 N–H and O–H groups in total. The van der Waals surface area contributed by atoms with Crippen molar-refractivity contribution in [2.45, 2.75) is 32.2 Å². The SMILES string of the molecule is CCc1nc(C2CCCN2c2ccc(C#N)cn2)no1. The van der Waals surface area contributed by atoms with Crippen LogP contribution in [0.1, 0.15) is 43.1 Å². The Hall–Kier alpha value is -2.42. The number of aryl methyl sites for hydroxylation is 1. The van der Waals surface area contributed by atoms with E-state index in [2.05, 4.69) is 26.1 Å². The molecular weight excluding hydrogens is 254 g/mol. The van der Waals surface area contributed by atoms with Crippen LogP contribution in [0, 0.1) is 11.3 Å². The highest BCUT2D eigenvalue weighted by Crippen LogP contribution is 2.33. The summed E-state index contributed by atoms with van der Waals surface area (Å²) < 4.78 is 5.20. The van der Waals surface area contributed by atoms with Gasteiger partial charge in [-0.3, -0.25) is 0 Å². The van der Waals surface area contributed by atoms with E-state index in [1.165, 1.54) is 0 Å². The number of aromatic nitrogens is 3. The molecule has 1 unspecified atom stereocenters. The van der Waals surface area contributed by atoms with Crippen LogP contribution in [-0.2, 0) is 6.42 Å². The largest absolute Gasteiger partial charge is 0.346 e. The number of pyridine rings is 1. The lowest BCUT2D eigenvalue weighted by atomic mass is 10.2. The van der Waals surface area contributed by atoms with Crippen LogP contribution in [0.3, 0.4) is 0 Å². The molecule has 1 aliphatic heterocycles. The minimum absolute atomic E-state index is 0.111. The summed E-state index contributed by atoms with van der Waals surface area (Å²) in [6.07, 6.45) is 4.40. The third-order valence-electron chi connectivity index (χ3n) is 3.51. The maximum Gasteiger partial charge on any atom is 0.226 e. The molecule has 0 spiro atoms. The normalized spacial score (nSPS) is 18.2. The summed E-state index contributed by atoms with van der Waals surface area (Å²) >= 11 is 0. The number of rotatable bonds is 3. The zero-order valence-electron chi connectivity index (χ0n) is 11.3. The Morgan fingerprint density at radius 1 is 1.50 bits per heavy atom. The Kier molecular flexibility index (Phi) is 3.33. The summed E-state index contributed by atoms with van der Waals surface area (Å²) in [7, 11) is 0. The molecule has 3 heterocycles. The van der Waals surface area contributed by atoms with Crippen LogP contribution in [-0.4, -0.2) is 21.7 Å². The first-order valence-corrected chi connectivity index (χ1v) is 6.77. The van der Waals surface area contributed by atoms with Crippen LogP contribution in [0.15, 0.2) is 22.9 Å². The second kappa shape index (κ2) is 5.29. The standard InChI is InChI=1S/C14H15N5O/c1-2-13-17-14(18-20-13)11-4-3-7-19(11)12-6-5-10(8-15)9-16-12/h5-6,9,11H,2-4,7H2,1H3. The lowest BCUT2D eigenvalue weighted by Crippen LogP contribution is -2.24. The van der Waals surface area contributed by atoms with E-state index in [1.54, 1.807) is 12.3 Å². The average molecular weight is 269 g/mol. The molecule has 0 aliphatic carbocycles. The van der Waals surface area contributed by atoms with Gasteiger partial charge in [0.15, 0.2) is 5.82 Å². The van der Waals surface area contributed by atoms with E-state index in [-0.39, 0.29) is 6.04 Å². The van der Waals surface area contributed by atoms with Gasteiger partial charge in [-0.2, -0.15) is 10.2 Å². The van der Waals surface area contributed by atoms with Crippen molar-refractivity contribution >= 4 is 5.82 Å². The Labute approximate surface area is 117 Å². The zero-order valence-corrected chi connectivity index (χ0v) is 11.3. The van der Waals surface area contributed by atoms with Crippen LogP contribution in [0.2, 0.25) is 0 Å². The number of nitriles is 1. The topological polar surface area (TPSA) is 78.8 Å². The Morgan fingerprint density at radius 2 is 2.40 bits per heavy atom. The van der Waals surface area contributed by atoms with Gasteiger partial charge in [-0.1, -0.05) is 12.1 Å². The molecule has 3 rings (SSSR count). The Bertz CT molecular complexity index is 628. The van der Waals surface area contributed by atoms with Crippen molar-refractivity contribution in [1.82, 2.24) is 15.1 Å². The zero-order chi connectivity index (χ0) is 13.9. The molecule has 0 aromatic carbocycles. The van der Waals surface area contributed by atoms with Crippen molar-refractivity contribution < 1.29 is 4.52 Å². The number of anilines is 1. The van der Waals surface area contributed by atoms with E-state index in [9.17, 15) is 0 Å². The summed E-state index contributed by atoms with van der Waals surface area (Å²) in [6, 6.07) is 5.84. The van der Waals surface area contributed by atoms with Crippen LogP contribution in [0.25, 0.3) is 0 Å². The lowest BCUT2D eigenvalue weighted by molar-refractivity contribution is 0.373. The number of hydrogen-bond donors (Lipinski definition) is 0. The molecule has 1 saturated heterocycles. The van der Waals surface area contributed by atoms with Gasteiger partial charge in [-0.25, -0.2) is 4.98 Å². The van der Waals surface area contributed by atoms with Gasteiger partial charge in [0.1, 0.15) is 11.9 Å². The predicted octanol–water partition coefficient (Wildman–Crippen LogP) is 2.24. The second-order valence-corrected chi connectivity index (χ2v) is 4.77. The van der Waals surface area contributed by atoms with Gasteiger partial charge in [-0.05, 0) is 25.0 Å². The fraction of sp³-hybridized carbons (Fsp3) is 0.429. The van der Waals surface area contributed by atoms with Gasteiger partial charge < -0.3 is 9.42 Å². The van der Waals surface area contributed by atoms with E-state index in [0.29, 0.717) is 11.5 Å². The number of nitrogens with zero attached hydrogens (tertiary/aromatic N) is 5. The molecule has 6 nitrogen and oxygen atoms in total. The highest BCUT2D eigenvalue weighted by Gasteiger charge is 2.30. The highest BCUT2D eigenvalue weighted by atomic mass is 16.5. The molecule has 2 aromatic heterocycles. The second-order valence-electron chi connectivity index (χ2n) is 4.77. The van der Waals surface area contributed by atoms with E-state index in [1.807, 2.05) is 13.0 Å². The molecule has 20 heavy (non-hydrogen) atoms. The molecule has 0 bridgehead atoms. The van der Waals surface area contributed by atoms with Gasteiger partial charge >= 0.3 is 0 Å². The molecule has 1 aliphatic rings. The molecule has 2 aromatic rings. The summed E-state index contributed by atoms with van der Waals surface area (Å²) in [5, 5.41) is 12.9. The third-order valence-corrected chi connectivity index (χ3v) is 3.51. The van der Waals surface area contributed by atoms with Crippen molar-refractivity contribution in [1.29, 1.82) is 5.26 Å².